The maximum Gasteiger partial charge on any atom is 0.159 e. The summed E-state index contributed by atoms with van der Waals surface area (Å²) < 4.78 is 0. The molecular weight excluding hydrogens is 224 g/mol. The number of aromatic amines is 1. The van der Waals surface area contributed by atoms with Crippen LogP contribution in [0.15, 0.2) is 48.8 Å². The number of aromatic nitrogens is 2. The number of Topliss-reactive ketones (excluding diaryl/α,β-unsaturated/α-hetero) is 1. The van der Waals surface area contributed by atoms with Crippen LogP contribution in [0.1, 0.15) is 17.3 Å². The van der Waals surface area contributed by atoms with Crippen molar-refractivity contribution in [2.24, 2.45) is 0 Å². The van der Waals surface area contributed by atoms with E-state index in [4.69, 9.17) is 0 Å². The molecule has 0 atom stereocenters. The molecule has 0 bridgehead atoms. The molecule has 0 aliphatic rings. The van der Waals surface area contributed by atoms with Gasteiger partial charge in [0, 0.05) is 28.9 Å². The van der Waals surface area contributed by atoms with E-state index in [9.17, 15) is 4.79 Å². The summed E-state index contributed by atoms with van der Waals surface area (Å²) in [5, 5.41) is 1.09. The predicted octanol–water partition coefficient (Wildman–Crippen LogP) is 3.43. The SMILES string of the molecule is CC(=O)c1ccc(-c2c[nH]c3ncccc23)cc1. The van der Waals surface area contributed by atoms with Gasteiger partial charge in [-0.1, -0.05) is 24.3 Å². The van der Waals surface area contributed by atoms with Crippen LogP contribution in [0.3, 0.4) is 0 Å². The number of carbonyl (C=O) groups is 1. The fourth-order valence-electron chi connectivity index (χ4n) is 2.08. The van der Waals surface area contributed by atoms with E-state index in [0.717, 1.165) is 27.7 Å². The van der Waals surface area contributed by atoms with Gasteiger partial charge in [0.2, 0.25) is 0 Å². The Bertz CT molecular complexity index is 711. The van der Waals surface area contributed by atoms with Gasteiger partial charge in [0.1, 0.15) is 5.65 Å². The number of fused-ring (bicyclic) bond motifs is 1. The number of pyridine rings is 1. The summed E-state index contributed by atoms with van der Waals surface area (Å²) in [6.07, 6.45) is 3.71. The Hall–Kier alpha value is -2.42. The number of H-pyrrole nitrogens is 1. The van der Waals surface area contributed by atoms with E-state index >= 15 is 0 Å². The molecule has 3 heteroatoms. The van der Waals surface area contributed by atoms with Gasteiger partial charge >= 0.3 is 0 Å². The normalized spacial score (nSPS) is 10.7. The highest BCUT2D eigenvalue weighted by atomic mass is 16.1. The zero-order chi connectivity index (χ0) is 12.5. The van der Waals surface area contributed by atoms with Crippen molar-refractivity contribution in [2.75, 3.05) is 0 Å². The smallest absolute Gasteiger partial charge is 0.159 e. The van der Waals surface area contributed by atoms with Crippen LogP contribution in [0, 0.1) is 0 Å². The minimum absolute atomic E-state index is 0.0853. The summed E-state index contributed by atoms with van der Waals surface area (Å²) in [6.45, 7) is 1.57. The molecule has 0 aliphatic carbocycles. The summed E-state index contributed by atoms with van der Waals surface area (Å²) in [4.78, 5) is 18.6. The van der Waals surface area contributed by atoms with E-state index in [1.54, 1.807) is 13.1 Å². The molecule has 88 valence electrons. The molecule has 3 aromatic rings. The van der Waals surface area contributed by atoms with Gasteiger partial charge in [0.15, 0.2) is 5.78 Å². The van der Waals surface area contributed by atoms with Crippen LogP contribution in [0.5, 0.6) is 0 Å². The van der Waals surface area contributed by atoms with Gasteiger partial charge in [-0.3, -0.25) is 4.79 Å². The Morgan fingerprint density at radius 2 is 1.94 bits per heavy atom. The lowest BCUT2D eigenvalue weighted by atomic mass is 10.0. The third-order valence-corrected chi connectivity index (χ3v) is 3.05. The maximum atomic E-state index is 11.2. The molecule has 0 radical (unpaired) electrons. The second-order valence-electron chi connectivity index (χ2n) is 4.24. The molecule has 0 fully saturated rings. The van der Waals surface area contributed by atoms with E-state index in [2.05, 4.69) is 9.97 Å². The molecule has 0 saturated heterocycles. The van der Waals surface area contributed by atoms with Crippen LogP contribution < -0.4 is 0 Å². The van der Waals surface area contributed by atoms with Crippen molar-refractivity contribution in [3.05, 3.63) is 54.4 Å². The number of nitrogens with one attached hydrogen (secondary N) is 1. The molecule has 0 amide bonds. The largest absolute Gasteiger partial charge is 0.346 e. The fraction of sp³-hybridized carbons (Fsp3) is 0.0667. The number of nitrogens with zero attached hydrogens (tertiary/aromatic N) is 1. The zero-order valence-corrected chi connectivity index (χ0v) is 9.97. The van der Waals surface area contributed by atoms with Crippen molar-refractivity contribution < 1.29 is 4.79 Å². The first-order valence-electron chi connectivity index (χ1n) is 5.79. The number of rotatable bonds is 2. The van der Waals surface area contributed by atoms with Crippen molar-refractivity contribution >= 4 is 16.8 Å². The van der Waals surface area contributed by atoms with Crippen LogP contribution in [-0.2, 0) is 0 Å². The Labute approximate surface area is 104 Å². The summed E-state index contributed by atoms with van der Waals surface area (Å²) in [7, 11) is 0. The van der Waals surface area contributed by atoms with Gasteiger partial charge in [-0.15, -0.1) is 0 Å². The molecule has 18 heavy (non-hydrogen) atoms. The first-order valence-corrected chi connectivity index (χ1v) is 5.79. The van der Waals surface area contributed by atoms with Gasteiger partial charge in [0.05, 0.1) is 0 Å². The van der Waals surface area contributed by atoms with E-state index < -0.39 is 0 Å². The third-order valence-electron chi connectivity index (χ3n) is 3.05. The Balaban J connectivity index is 2.12. The summed E-state index contributed by atoms with van der Waals surface area (Å²) >= 11 is 0. The maximum absolute atomic E-state index is 11.2. The fourth-order valence-corrected chi connectivity index (χ4v) is 2.08. The number of hydrogen-bond donors (Lipinski definition) is 1. The molecular formula is C15H12N2O. The first-order chi connectivity index (χ1) is 8.75. The highest BCUT2D eigenvalue weighted by Crippen LogP contribution is 2.27. The molecule has 3 rings (SSSR count). The van der Waals surface area contributed by atoms with E-state index in [-0.39, 0.29) is 5.78 Å². The molecule has 0 spiro atoms. The van der Waals surface area contributed by atoms with Crippen molar-refractivity contribution in [3.8, 4) is 11.1 Å². The minimum atomic E-state index is 0.0853. The van der Waals surface area contributed by atoms with Gasteiger partial charge in [-0.25, -0.2) is 4.98 Å². The molecule has 1 N–H and O–H groups in total. The Morgan fingerprint density at radius 3 is 2.67 bits per heavy atom. The lowest BCUT2D eigenvalue weighted by Gasteiger charge is -2.01. The average Bonchev–Trinajstić information content (AvgIpc) is 2.82. The predicted molar refractivity (Wildman–Crippen MR) is 71.5 cm³/mol. The van der Waals surface area contributed by atoms with Crippen LogP contribution in [0.2, 0.25) is 0 Å². The zero-order valence-electron chi connectivity index (χ0n) is 9.97. The van der Waals surface area contributed by atoms with Crippen molar-refractivity contribution in [2.45, 2.75) is 6.92 Å². The number of ketones is 1. The molecule has 3 nitrogen and oxygen atoms in total. The van der Waals surface area contributed by atoms with Crippen molar-refractivity contribution in [1.29, 1.82) is 0 Å². The summed E-state index contributed by atoms with van der Waals surface area (Å²) in [5.74, 6) is 0.0853. The summed E-state index contributed by atoms with van der Waals surface area (Å²) in [5.41, 5.74) is 3.80. The topological polar surface area (TPSA) is 45.8 Å². The number of benzene rings is 1. The van der Waals surface area contributed by atoms with Crippen molar-refractivity contribution in [3.63, 3.8) is 0 Å². The second-order valence-corrected chi connectivity index (χ2v) is 4.24. The first kappa shape index (κ1) is 10.7. The van der Waals surface area contributed by atoms with E-state index in [1.165, 1.54) is 0 Å². The highest BCUT2D eigenvalue weighted by Gasteiger charge is 2.06. The van der Waals surface area contributed by atoms with Crippen molar-refractivity contribution in [1.82, 2.24) is 9.97 Å². The van der Waals surface area contributed by atoms with E-state index in [0.29, 0.717) is 0 Å². The Kier molecular flexibility index (Phi) is 2.45. The molecule has 2 aromatic heterocycles. The van der Waals surface area contributed by atoms with Gasteiger partial charge in [-0.2, -0.15) is 0 Å². The van der Waals surface area contributed by atoms with Gasteiger partial charge in [-0.05, 0) is 24.6 Å². The standard InChI is InChI=1S/C15H12N2O/c1-10(18)11-4-6-12(7-5-11)14-9-17-15-13(14)3-2-8-16-15/h2-9H,1H3,(H,16,17). The Morgan fingerprint density at radius 1 is 1.17 bits per heavy atom. The van der Waals surface area contributed by atoms with E-state index in [1.807, 2.05) is 42.6 Å². The lowest BCUT2D eigenvalue weighted by Crippen LogP contribution is -1.90. The minimum Gasteiger partial charge on any atom is -0.346 e. The second kappa shape index (κ2) is 4.11. The van der Waals surface area contributed by atoms with Crippen LogP contribution >= 0.6 is 0 Å². The van der Waals surface area contributed by atoms with Crippen LogP contribution in [-0.4, -0.2) is 15.8 Å². The molecule has 0 aliphatic heterocycles. The average molecular weight is 236 g/mol. The lowest BCUT2D eigenvalue weighted by molar-refractivity contribution is 0.101. The number of hydrogen-bond acceptors (Lipinski definition) is 2. The van der Waals surface area contributed by atoms with Gasteiger partial charge < -0.3 is 4.98 Å². The molecule has 1 aromatic carbocycles. The van der Waals surface area contributed by atoms with Crippen LogP contribution in [0.25, 0.3) is 22.2 Å². The monoisotopic (exact) mass is 236 g/mol. The molecule has 0 unspecified atom stereocenters. The molecule has 2 heterocycles. The quantitative estimate of drug-likeness (QED) is 0.693. The third kappa shape index (κ3) is 1.70. The van der Waals surface area contributed by atoms with Crippen LogP contribution in [0.4, 0.5) is 0 Å². The highest BCUT2D eigenvalue weighted by molar-refractivity contribution is 5.96. The summed E-state index contributed by atoms with van der Waals surface area (Å²) in [6, 6.07) is 11.6. The molecule has 0 saturated carbocycles. The van der Waals surface area contributed by atoms with Gasteiger partial charge in [0.25, 0.3) is 0 Å². The number of carbonyl (C=O) groups excluding carboxylic acids is 1.